The molecule has 0 unspecified atom stereocenters. The van der Waals surface area contributed by atoms with Gasteiger partial charge in [0.1, 0.15) is 0 Å². The molecule has 0 saturated carbocycles. The minimum absolute atomic E-state index is 0.375. The van der Waals surface area contributed by atoms with Crippen molar-refractivity contribution >= 4 is 0 Å². The van der Waals surface area contributed by atoms with Gasteiger partial charge in [-0.15, -0.1) is 0 Å². The first-order valence-electron chi connectivity index (χ1n) is 6.59. The lowest BCUT2D eigenvalue weighted by Crippen LogP contribution is -2.43. The molecule has 1 aromatic carbocycles. The minimum Gasteiger partial charge on any atom is -0.387 e. The van der Waals surface area contributed by atoms with Crippen LogP contribution in [0.25, 0.3) is 0 Å². The predicted molar refractivity (Wildman–Crippen MR) is 72.7 cm³/mol. The van der Waals surface area contributed by atoms with Crippen LogP contribution in [0.2, 0.25) is 0 Å². The van der Waals surface area contributed by atoms with Gasteiger partial charge in [0.2, 0.25) is 0 Å². The van der Waals surface area contributed by atoms with E-state index in [1.165, 1.54) is 0 Å². The number of ether oxygens (including phenoxy) is 1. The van der Waals surface area contributed by atoms with Crippen molar-refractivity contribution in [3.63, 3.8) is 0 Å². The molecular formula is C15H20N2O2. The van der Waals surface area contributed by atoms with E-state index in [4.69, 9.17) is 10.00 Å². The quantitative estimate of drug-likeness (QED) is 0.896. The number of morpholine rings is 1. The SMILES string of the molecule is Cc1ccc(C)c([C@H](O)CN2CCO[C@H](C#N)C2)c1. The number of benzene rings is 1. The van der Waals surface area contributed by atoms with Crippen molar-refractivity contribution in [2.45, 2.75) is 26.1 Å². The van der Waals surface area contributed by atoms with Crippen LogP contribution in [0, 0.1) is 25.2 Å². The van der Waals surface area contributed by atoms with Crippen molar-refractivity contribution in [3.8, 4) is 6.07 Å². The molecule has 1 fully saturated rings. The molecule has 0 bridgehead atoms. The summed E-state index contributed by atoms with van der Waals surface area (Å²) in [4.78, 5) is 2.09. The Kier molecular flexibility index (Phi) is 4.54. The van der Waals surface area contributed by atoms with E-state index in [1.807, 2.05) is 32.0 Å². The van der Waals surface area contributed by atoms with E-state index in [0.29, 0.717) is 19.7 Å². The molecule has 0 aromatic heterocycles. The fraction of sp³-hybridized carbons (Fsp3) is 0.533. The molecule has 19 heavy (non-hydrogen) atoms. The maximum Gasteiger partial charge on any atom is 0.156 e. The third kappa shape index (κ3) is 3.54. The molecule has 102 valence electrons. The zero-order valence-corrected chi connectivity index (χ0v) is 11.5. The molecule has 4 nitrogen and oxygen atoms in total. The Morgan fingerprint density at radius 2 is 2.32 bits per heavy atom. The lowest BCUT2D eigenvalue weighted by Gasteiger charge is -2.31. The van der Waals surface area contributed by atoms with Gasteiger partial charge in [0.05, 0.1) is 18.8 Å². The summed E-state index contributed by atoms with van der Waals surface area (Å²) in [5.41, 5.74) is 3.22. The zero-order valence-electron chi connectivity index (χ0n) is 11.5. The van der Waals surface area contributed by atoms with Gasteiger partial charge >= 0.3 is 0 Å². The molecule has 2 atom stereocenters. The maximum absolute atomic E-state index is 10.4. The highest BCUT2D eigenvalue weighted by Gasteiger charge is 2.23. The monoisotopic (exact) mass is 260 g/mol. The molecule has 1 heterocycles. The Hall–Kier alpha value is -1.41. The Bertz CT molecular complexity index is 482. The highest BCUT2D eigenvalue weighted by atomic mass is 16.5. The smallest absolute Gasteiger partial charge is 0.156 e. The molecule has 1 aromatic rings. The average Bonchev–Trinajstić information content (AvgIpc) is 2.41. The van der Waals surface area contributed by atoms with Crippen LogP contribution < -0.4 is 0 Å². The average molecular weight is 260 g/mol. The first-order valence-corrected chi connectivity index (χ1v) is 6.59. The van der Waals surface area contributed by atoms with Gasteiger partial charge in [-0.2, -0.15) is 5.26 Å². The van der Waals surface area contributed by atoms with Crippen LogP contribution >= 0.6 is 0 Å². The second-order valence-electron chi connectivity index (χ2n) is 5.12. The normalized spacial score (nSPS) is 21.9. The van der Waals surface area contributed by atoms with Gasteiger partial charge in [0, 0.05) is 19.6 Å². The lowest BCUT2D eigenvalue weighted by molar-refractivity contribution is -0.0160. The second kappa shape index (κ2) is 6.16. The van der Waals surface area contributed by atoms with Crippen molar-refractivity contribution in [1.82, 2.24) is 4.90 Å². The molecule has 1 N–H and O–H groups in total. The fourth-order valence-electron chi connectivity index (χ4n) is 2.41. The van der Waals surface area contributed by atoms with E-state index in [2.05, 4.69) is 11.0 Å². The zero-order chi connectivity index (χ0) is 13.8. The van der Waals surface area contributed by atoms with Crippen LogP contribution in [-0.4, -0.2) is 42.4 Å². The molecular weight excluding hydrogens is 240 g/mol. The highest BCUT2D eigenvalue weighted by molar-refractivity contribution is 5.32. The van der Waals surface area contributed by atoms with Gasteiger partial charge in [-0.3, -0.25) is 4.90 Å². The summed E-state index contributed by atoms with van der Waals surface area (Å²) in [6, 6.07) is 8.23. The molecule has 2 rings (SSSR count). The summed E-state index contributed by atoms with van der Waals surface area (Å²) in [6.45, 7) is 6.47. The van der Waals surface area contributed by atoms with Gasteiger partial charge in [0.15, 0.2) is 6.10 Å². The van der Waals surface area contributed by atoms with Crippen LogP contribution in [-0.2, 0) is 4.74 Å². The van der Waals surface area contributed by atoms with Crippen LogP contribution in [0.1, 0.15) is 22.8 Å². The van der Waals surface area contributed by atoms with E-state index in [-0.39, 0.29) is 6.10 Å². The van der Waals surface area contributed by atoms with Crippen molar-refractivity contribution in [1.29, 1.82) is 5.26 Å². The van der Waals surface area contributed by atoms with E-state index in [0.717, 1.165) is 23.2 Å². The van der Waals surface area contributed by atoms with Crippen molar-refractivity contribution in [2.24, 2.45) is 0 Å². The lowest BCUT2D eigenvalue weighted by atomic mass is 10.0. The number of aliphatic hydroxyl groups excluding tert-OH is 1. The summed E-state index contributed by atoms with van der Waals surface area (Å²) in [5.74, 6) is 0. The topological polar surface area (TPSA) is 56.5 Å². The van der Waals surface area contributed by atoms with E-state index >= 15 is 0 Å². The standard InChI is InChI=1S/C15H20N2O2/c1-11-3-4-12(2)14(7-11)15(18)10-17-5-6-19-13(8-16)9-17/h3-4,7,13,15,18H,5-6,9-10H2,1-2H3/t13-,15-/m1/s1. The second-order valence-corrected chi connectivity index (χ2v) is 5.12. The molecule has 4 heteroatoms. The molecule has 0 amide bonds. The van der Waals surface area contributed by atoms with Crippen LogP contribution in [0.15, 0.2) is 18.2 Å². The summed E-state index contributed by atoms with van der Waals surface area (Å²) < 4.78 is 5.30. The highest BCUT2D eigenvalue weighted by Crippen LogP contribution is 2.21. The summed E-state index contributed by atoms with van der Waals surface area (Å²) in [7, 11) is 0. The number of hydrogen-bond acceptors (Lipinski definition) is 4. The first kappa shape index (κ1) is 14.0. The third-order valence-corrected chi connectivity index (χ3v) is 3.52. The Labute approximate surface area is 114 Å². The largest absolute Gasteiger partial charge is 0.387 e. The summed E-state index contributed by atoms with van der Waals surface area (Å²) in [6.07, 6.45) is -0.892. The molecule has 1 saturated heterocycles. The summed E-state index contributed by atoms with van der Waals surface area (Å²) in [5, 5.41) is 19.2. The maximum atomic E-state index is 10.4. The van der Waals surface area contributed by atoms with Gasteiger partial charge in [-0.1, -0.05) is 23.8 Å². The molecule has 0 spiro atoms. The Morgan fingerprint density at radius 3 is 3.05 bits per heavy atom. The molecule has 0 aliphatic carbocycles. The number of β-amino-alcohol motifs (C(OH)–C–C–N with tert-alkyl or cyclic N) is 1. The van der Waals surface area contributed by atoms with E-state index in [9.17, 15) is 5.11 Å². The minimum atomic E-state index is -0.516. The van der Waals surface area contributed by atoms with Crippen molar-refractivity contribution in [2.75, 3.05) is 26.2 Å². The molecule has 1 aliphatic heterocycles. The number of rotatable bonds is 3. The van der Waals surface area contributed by atoms with Crippen molar-refractivity contribution < 1.29 is 9.84 Å². The van der Waals surface area contributed by atoms with Crippen LogP contribution in [0.3, 0.4) is 0 Å². The summed E-state index contributed by atoms with van der Waals surface area (Å²) >= 11 is 0. The number of nitrogens with zero attached hydrogens (tertiary/aromatic N) is 2. The van der Waals surface area contributed by atoms with Gasteiger partial charge in [-0.05, 0) is 25.0 Å². The van der Waals surface area contributed by atoms with E-state index < -0.39 is 6.10 Å². The Balaban J connectivity index is 2.02. The first-order chi connectivity index (χ1) is 9.10. The third-order valence-electron chi connectivity index (χ3n) is 3.52. The Morgan fingerprint density at radius 1 is 1.53 bits per heavy atom. The van der Waals surface area contributed by atoms with Crippen LogP contribution in [0.4, 0.5) is 0 Å². The number of nitriles is 1. The van der Waals surface area contributed by atoms with Crippen LogP contribution in [0.5, 0.6) is 0 Å². The molecule has 0 radical (unpaired) electrons. The fourth-order valence-corrected chi connectivity index (χ4v) is 2.41. The van der Waals surface area contributed by atoms with Gasteiger partial charge in [-0.25, -0.2) is 0 Å². The molecule has 1 aliphatic rings. The predicted octanol–water partition coefficient (Wildman–Crippen LogP) is 1.56. The number of aliphatic hydroxyl groups is 1. The van der Waals surface area contributed by atoms with Gasteiger partial charge in [0.25, 0.3) is 0 Å². The number of hydrogen-bond donors (Lipinski definition) is 1. The van der Waals surface area contributed by atoms with E-state index in [1.54, 1.807) is 0 Å². The van der Waals surface area contributed by atoms with Crippen molar-refractivity contribution in [3.05, 3.63) is 34.9 Å². The number of aryl methyl sites for hydroxylation is 2. The van der Waals surface area contributed by atoms with Gasteiger partial charge < -0.3 is 9.84 Å².